The lowest BCUT2D eigenvalue weighted by atomic mass is 9.92. The number of nitrogens with one attached hydrogen (secondary N) is 1. The number of ether oxygens (including phenoxy) is 1. The summed E-state index contributed by atoms with van der Waals surface area (Å²) >= 11 is 5.95. The summed E-state index contributed by atoms with van der Waals surface area (Å²) < 4.78 is 5.15. The van der Waals surface area contributed by atoms with Crippen LogP contribution in [-0.2, 0) is 9.53 Å². The largest absolute Gasteiger partial charge is 0.378 e. The van der Waals surface area contributed by atoms with Gasteiger partial charge in [0.2, 0.25) is 5.91 Å². The van der Waals surface area contributed by atoms with Crippen LogP contribution < -0.4 is 5.32 Å². The molecule has 1 amide bonds. The fraction of sp³-hybridized carbons (Fsp3) is 0.900. The summed E-state index contributed by atoms with van der Waals surface area (Å²) in [5.74, 6) is 0.0543. The van der Waals surface area contributed by atoms with Crippen molar-refractivity contribution in [1.82, 2.24) is 5.32 Å². The molecule has 82 valence electrons. The van der Waals surface area contributed by atoms with Gasteiger partial charge in [0, 0.05) is 6.42 Å². The summed E-state index contributed by atoms with van der Waals surface area (Å²) in [6, 6.07) is -0.0217. The average molecular weight is 220 g/mol. The topological polar surface area (TPSA) is 38.3 Å². The minimum Gasteiger partial charge on any atom is -0.378 e. The van der Waals surface area contributed by atoms with Gasteiger partial charge in [-0.25, -0.2) is 0 Å². The van der Waals surface area contributed by atoms with Crippen LogP contribution in [-0.4, -0.2) is 30.5 Å². The number of carbonyl (C=O) groups is 1. The number of amides is 1. The SMILES string of the molecule is CC(C)(C)CC(=O)NC1COCC1Cl. The summed E-state index contributed by atoms with van der Waals surface area (Å²) in [4.78, 5) is 11.5. The second kappa shape index (κ2) is 4.49. The maximum atomic E-state index is 11.5. The smallest absolute Gasteiger partial charge is 0.220 e. The first-order valence-electron chi connectivity index (χ1n) is 4.90. The Balaban J connectivity index is 2.33. The molecule has 0 saturated carbocycles. The molecule has 2 unspecified atom stereocenters. The number of halogens is 1. The summed E-state index contributed by atoms with van der Waals surface area (Å²) in [6.07, 6.45) is 0.521. The molecule has 0 aromatic carbocycles. The van der Waals surface area contributed by atoms with Crippen molar-refractivity contribution in [2.45, 2.75) is 38.6 Å². The molecule has 1 heterocycles. The Morgan fingerprint density at radius 2 is 2.14 bits per heavy atom. The van der Waals surface area contributed by atoms with Crippen molar-refractivity contribution in [3.63, 3.8) is 0 Å². The maximum Gasteiger partial charge on any atom is 0.220 e. The van der Waals surface area contributed by atoms with Crippen LogP contribution in [0.15, 0.2) is 0 Å². The van der Waals surface area contributed by atoms with E-state index in [4.69, 9.17) is 16.3 Å². The maximum absolute atomic E-state index is 11.5. The van der Waals surface area contributed by atoms with Gasteiger partial charge in [0.05, 0.1) is 24.6 Å². The van der Waals surface area contributed by atoms with E-state index in [2.05, 4.69) is 5.32 Å². The van der Waals surface area contributed by atoms with E-state index in [0.29, 0.717) is 19.6 Å². The first kappa shape index (κ1) is 11.8. The van der Waals surface area contributed by atoms with Crippen molar-refractivity contribution < 1.29 is 9.53 Å². The minimum atomic E-state index is -0.0843. The third kappa shape index (κ3) is 3.84. The van der Waals surface area contributed by atoms with E-state index in [1.807, 2.05) is 20.8 Å². The van der Waals surface area contributed by atoms with Crippen molar-refractivity contribution in [1.29, 1.82) is 0 Å². The molecule has 1 fully saturated rings. The van der Waals surface area contributed by atoms with Gasteiger partial charge in [-0.05, 0) is 5.41 Å². The molecule has 1 N–H and O–H groups in total. The number of rotatable bonds is 2. The fourth-order valence-electron chi connectivity index (χ4n) is 1.40. The highest BCUT2D eigenvalue weighted by atomic mass is 35.5. The molecule has 0 aliphatic carbocycles. The molecule has 1 aliphatic heterocycles. The normalized spacial score (nSPS) is 27.7. The molecule has 3 nitrogen and oxygen atoms in total. The monoisotopic (exact) mass is 219 g/mol. The second-order valence-electron chi connectivity index (χ2n) is 4.96. The molecule has 2 atom stereocenters. The number of carbonyl (C=O) groups excluding carboxylic acids is 1. The van der Waals surface area contributed by atoms with E-state index in [1.54, 1.807) is 0 Å². The summed E-state index contributed by atoms with van der Waals surface area (Å²) in [5.41, 5.74) is 0.0192. The molecule has 4 heteroatoms. The van der Waals surface area contributed by atoms with E-state index >= 15 is 0 Å². The zero-order chi connectivity index (χ0) is 10.8. The van der Waals surface area contributed by atoms with E-state index in [1.165, 1.54) is 0 Å². The van der Waals surface area contributed by atoms with Crippen LogP contribution in [0.4, 0.5) is 0 Å². The standard InChI is InChI=1S/C10H18ClNO2/c1-10(2,3)4-9(13)12-8-6-14-5-7(8)11/h7-8H,4-6H2,1-3H3,(H,12,13). The molecule has 0 radical (unpaired) electrons. The summed E-state index contributed by atoms with van der Waals surface area (Å²) in [7, 11) is 0. The van der Waals surface area contributed by atoms with Gasteiger partial charge in [-0.2, -0.15) is 0 Å². The van der Waals surface area contributed by atoms with Gasteiger partial charge in [-0.15, -0.1) is 11.6 Å². The van der Waals surface area contributed by atoms with Crippen LogP contribution in [0, 0.1) is 5.41 Å². The van der Waals surface area contributed by atoms with Crippen LogP contribution in [0.25, 0.3) is 0 Å². The van der Waals surface area contributed by atoms with E-state index in [-0.39, 0.29) is 22.7 Å². The van der Waals surface area contributed by atoms with Crippen LogP contribution in [0.2, 0.25) is 0 Å². The molecule has 1 saturated heterocycles. The molecular weight excluding hydrogens is 202 g/mol. The fourth-order valence-corrected chi connectivity index (χ4v) is 1.62. The van der Waals surface area contributed by atoms with Gasteiger partial charge in [0.15, 0.2) is 0 Å². The third-order valence-corrected chi connectivity index (χ3v) is 2.48. The Kier molecular flexibility index (Phi) is 3.78. The Morgan fingerprint density at radius 3 is 2.57 bits per heavy atom. The van der Waals surface area contributed by atoms with Gasteiger partial charge >= 0.3 is 0 Å². The molecule has 1 aliphatic rings. The highest BCUT2D eigenvalue weighted by Gasteiger charge is 2.28. The van der Waals surface area contributed by atoms with Gasteiger partial charge in [0.25, 0.3) is 0 Å². The third-order valence-electron chi connectivity index (χ3n) is 2.05. The average Bonchev–Trinajstić information content (AvgIpc) is 2.32. The lowest BCUT2D eigenvalue weighted by molar-refractivity contribution is -0.123. The van der Waals surface area contributed by atoms with Crippen molar-refractivity contribution in [2.24, 2.45) is 5.41 Å². The van der Waals surface area contributed by atoms with Gasteiger partial charge in [-0.1, -0.05) is 20.8 Å². The molecule has 0 aromatic heterocycles. The number of hydrogen-bond donors (Lipinski definition) is 1. The van der Waals surface area contributed by atoms with Crippen LogP contribution >= 0.6 is 11.6 Å². The quantitative estimate of drug-likeness (QED) is 0.716. The first-order valence-corrected chi connectivity index (χ1v) is 5.33. The van der Waals surface area contributed by atoms with E-state index in [0.717, 1.165) is 0 Å². The van der Waals surface area contributed by atoms with Gasteiger partial charge in [0.1, 0.15) is 0 Å². The predicted molar refractivity (Wildman–Crippen MR) is 56.5 cm³/mol. The zero-order valence-corrected chi connectivity index (χ0v) is 9.73. The lowest BCUT2D eigenvalue weighted by Gasteiger charge is -2.20. The minimum absolute atomic E-state index is 0.0192. The van der Waals surface area contributed by atoms with Crippen molar-refractivity contribution in [3.05, 3.63) is 0 Å². The van der Waals surface area contributed by atoms with Crippen LogP contribution in [0.3, 0.4) is 0 Å². The van der Waals surface area contributed by atoms with Crippen molar-refractivity contribution in [3.8, 4) is 0 Å². The molecule has 14 heavy (non-hydrogen) atoms. The first-order chi connectivity index (χ1) is 6.38. The second-order valence-corrected chi connectivity index (χ2v) is 5.53. The molecular formula is C10H18ClNO2. The summed E-state index contributed by atoms with van der Waals surface area (Å²) in [6.45, 7) is 7.17. The van der Waals surface area contributed by atoms with E-state index in [9.17, 15) is 4.79 Å². The van der Waals surface area contributed by atoms with Gasteiger partial charge in [-0.3, -0.25) is 4.79 Å². The van der Waals surface area contributed by atoms with Crippen LogP contribution in [0.1, 0.15) is 27.2 Å². The lowest BCUT2D eigenvalue weighted by Crippen LogP contribution is -2.41. The molecule has 0 aromatic rings. The molecule has 0 bridgehead atoms. The van der Waals surface area contributed by atoms with Gasteiger partial charge < -0.3 is 10.1 Å². The number of hydrogen-bond acceptors (Lipinski definition) is 2. The van der Waals surface area contributed by atoms with Crippen LogP contribution in [0.5, 0.6) is 0 Å². The number of alkyl halides is 1. The highest BCUT2D eigenvalue weighted by Crippen LogP contribution is 2.19. The Hall–Kier alpha value is -0.280. The molecule has 1 rings (SSSR count). The zero-order valence-electron chi connectivity index (χ0n) is 8.97. The Labute approximate surface area is 90.1 Å². The predicted octanol–water partition coefficient (Wildman–Crippen LogP) is 1.54. The van der Waals surface area contributed by atoms with E-state index < -0.39 is 0 Å². The summed E-state index contributed by atoms with van der Waals surface area (Å²) in [5, 5.41) is 2.80. The Morgan fingerprint density at radius 1 is 1.50 bits per heavy atom. The Bertz CT molecular complexity index is 213. The molecule has 0 spiro atoms. The van der Waals surface area contributed by atoms with Crippen molar-refractivity contribution in [2.75, 3.05) is 13.2 Å². The van der Waals surface area contributed by atoms with Crippen molar-refractivity contribution >= 4 is 17.5 Å². The highest BCUT2D eigenvalue weighted by molar-refractivity contribution is 6.21.